The molecule has 0 radical (unpaired) electrons. The molecule has 172 valence electrons. The third-order valence-electron chi connectivity index (χ3n) is 6.33. The van der Waals surface area contributed by atoms with Crippen LogP contribution in [0.5, 0.6) is 0 Å². The van der Waals surface area contributed by atoms with Crippen LogP contribution in [-0.4, -0.2) is 61.1 Å². The van der Waals surface area contributed by atoms with Gasteiger partial charge in [-0.1, -0.05) is 18.7 Å². The van der Waals surface area contributed by atoms with Gasteiger partial charge < -0.3 is 25.0 Å². The number of rotatable bonds is 7. The number of hydrogen-bond donors (Lipinski definition) is 2. The van der Waals surface area contributed by atoms with Gasteiger partial charge in [-0.2, -0.15) is 0 Å². The van der Waals surface area contributed by atoms with E-state index >= 15 is 0 Å². The van der Waals surface area contributed by atoms with Gasteiger partial charge in [-0.15, -0.1) is 0 Å². The van der Waals surface area contributed by atoms with Gasteiger partial charge in [0.1, 0.15) is 17.2 Å². The van der Waals surface area contributed by atoms with E-state index in [2.05, 4.69) is 27.8 Å². The smallest absolute Gasteiger partial charge is 0.148 e. The van der Waals surface area contributed by atoms with Gasteiger partial charge in [0.15, 0.2) is 0 Å². The van der Waals surface area contributed by atoms with Crippen LogP contribution in [0.25, 0.3) is 16.7 Å². The lowest BCUT2D eigenvalue weighted by Crippen LogP contribution is -2.41. The normalized spacial score (nSPS) is 18.3. The molecule has 0 amide bonds. The molecule has 2 aromatic carbocycles. The number of fused-ring (bicyclic) bond motifs is 1. The number of aliphatic hydroxyl groups is 1. The molecule has 0 saturated carbocycles. The van der Waals surface area contributed by atoms with Gasteiger partial charge in [0, 0.05) is 37.4 Å². The summed E-state index contributed by atoms with van der Waals surface area (Å²) in [6, 6.07) is 10.9. The zero-order valence-corrected chi connectivity index (χ0v) is 18.5. The van der Waals surface area contributed by atoms with Crippen LogP contribution in [0.15, 0.2) is 49.2 Å². The lowest BCUT2D eigenvalue weighted by atomic mass is 9.93. The van der Waals surface area contributed by atoms with Crippen molar-refractivity contribution in [2.75, 3.05) is 55.8 Å². The molecule has 1 atom stereocenters. The summed E-state index contributed by atoms with van der Waals surface area (Å²) < 4.78 is 19.0. The van der Waals surface area contributed by atoms with E-state index in [0.717, 1.165) is 65.4 Å². The Morgan fingerprint density at radius 1 is 1.18 bits per heavy atom. The van der Waals surface area contributed by atoms with Gasteiger partial charge in [0.2, 0.25) is 0 Å². The summed E-state index contributed by atoms with van der Waals surface area (Å²) >= 11 is 0. The summed E-state index contributed by atoms with van der Waals surface area (Å²) in [5.41, 5.74) is 5.32. The number of ether oxygens (including phenoxy) is 1. The number of nitrogens with one attached hydrogen (secondary N) is 1. The van der Waals surface area contributed by atoms with Gasteiger partial charge >= 0.3 is 0 Å². The second kappa shape index (κ2) is 9.33. The van der Waals surface area contributed by atoms with Gasteiger partial charge in [-0.25, -0.2) is 9.37 Å². The van der Waals surface area contributed by atoms with Crippen molar-refractivity contribution in [1.29, 1.82) is 0 Å². The van der Waals surface area contributed by atoms with Crippen LogP contribution < -0.4 is 15.1 Å². The fourth-order valence-corrected chi connectivity index (χ4v) is 4.44. The minimum absolute atomic E-state index is 0.0287. The van der Waals surface area contributed by atoms with Gasteiger partial charge in [0.05, 0.1) is 43.3 Å². The van der Waals surface area contributed by atoms with Crippen molar-refractivity contribution in [3.63, 3.8) is 0 Å². The lowest BCUT2D eigenvalue weighted by Gasteiger charge is -2.43. The fourth-order valence-electron chi connectivity index (χ4n) is 4.44. The van der Waals surface area contributed by atoms with Gasteiger partial charge in [-0.3, -0.25) is 4.98 Å². The number of benzene rings is 2. The topological polar surface area (TPSA) is 73.8 Å². The summed E-state index contributed by atoms with van der Waals surface area (Å²) in [7, 11) is 0. The van der Waals surface area contributed by atoms with E-state index in [1.165, 1.54) is 12.1 Å². The number of aliphatic hydroxyl groups excluding tert-OH is 1. The average Bonchev–Trinajstić information content (AvgIpc) is 2.83. The summed E-state index contributed by atoms with van der Waals surface area (Å²) in [4.78, 5) is 14.3. The van der Waals surface area contributed by atoms with Crippen LogP contribution in [0, 0.1) is 5.82 Å². The maximum Gasteiger partial charge on any atom is 0.148 e. The summed E-state index contributed by atoms with van der Waals surface area (Å²) in [6.07, 6.45) is 2.80. The molecule has 2 aliphatic heterocycles. The Morgan fingerprint density at radius 2 is 1.97 bits per heavy atom. The summed E-state index contributed by atoms with van der Waals surface area (Å²) in [5, 5.41) is 12.3. The van der Waals surface area contributed by atoms with Crippen molar-refractivity contribution in [3.05, 3.63) is 66.1 Å². The first-order valence-corrected chi connectivity index (χ1v) is 11.3. The Hall–Kier alpha value is -3.23. The van der Waals surface area contributed by atoms with E-state index in [4.69, 9.17) is 14.7 Å². The highest BCUT2D eigenvalue weighted by Gasteiger charge is 2.32. The highest BCUT2D eigenvalue weighted by Crippen LogP contribution is 2.41. The molecule has 5 rings (SSSR count). The van der Waals surface area contributed by atoms with E-state index in [-0.39, 0.29) is 18.5 Å². The van der Waals surface area contributed by atoms with Crippen molar-refractivity contribution in [3.8, 4) is 0 Å². The zero-order chi connectivity index (χ0) is 22.8. The predicted octanol–water partition coefficient (Wildman–Crippen LogP) is 3.11. The molecule has 0 spiro atoms. The lowest BCUT2D eigenvalue weighted by molar-refractivity contribution is 0.122. The Morgan fingerprint density at radius 3 is 2.67 bits per heavy atom. The van der Waals surface area contributed by atoms with Crippen molar-refractivity contribution in [2.45, 2.75) is 12.5 Å². The monoisotopic (exact) mass is 449 g/mol. The third kappa shape index (κ3) is 4.36. The third-order valence-corrected chi connectivity index (χ3v) is 6.33. The molecule has 2 saturated heterocycles. The van der Waals surface area contributed by atoms with Crippen LogP contribution in [0.1, 0.15) is 23.6 Å². The van der Waals surface area contributed by atoms with Crippen LogP contribution in [0.4, 0.5) is 15.9 Å². The number of hydrogen-bond acceptors (Lipinski definition) is 7. The molecule has 2 aliphatic rings. The van der Waals surface area contributed by atoms with Gasteiger partial charge in [-0.05, 0) is 36.2 Å². The molecule has 0 bridgehead atoms. The molecule has 0 aliphatic carbocycles. The highest BCUT2D eigenvalue weighted by atomic mass is 19.1. The number of halogens is 1. The van der Waals surface area contributed by atoms with E-state index in [1.807, 2.05) is 24.4 Å². The molecule has 2 fully saturated rings. The molecule has 2 N–H and O–H groups in total. The number of morpholine rings is 1. The number of nitrogens with zero attached hydrogens (tertiary/aromatic N) is 4. The number of aromatic nitrogens is 2. The molecule has 1 unspecified atom stereocenters. The molecule has 33 heavy (non-hydrogen) atoms. The zero-order valence-electron chi connectivity index (χ0n) is 18.5. The summed E-state index contributed by atoms with van der Waals surface area (Å²) in [5.74, 6) is 0.611. The minimum Gasteiger partial charge on any atom is -0.395 e. The predicted molar refractivity (Wildman–Crippen MR) is 128 cm³/mol. The maximum absolute atomic E-state index is 13.5. The van der Waals surface area contributed by atoms with E-state index in [9.17, 15) is 9.50 Å². The Balaban J connectivity index is 1.56. The van der Waals surface area contributed by atoms with Crippen molar-refractivity contribution >= 4 is 28.2 Å². The van der Waals surface area contributed by atoms with Gasteiger partial charge in [0.25, 0.3) is 0 Å². The highest BCUT2D eigenvalue weighted by molar-refractivity contribution is 5.93. The van der Waals surface area contributed by atoms with Crippen molar-refractivity contribution < 1.29 is 14.2 Å². The summed E-state index contributed by atoms with van der Waals surface area (Å²) in [6.45, 7) is 8.41. The first-order chi connectivity index (χ1) is 16.1. The second-order valence-corrected chi connectivity index (χ2v) is 8.37. The maximum atomic E-state index is 13.5. The standard InChI is InChI=1S/C25H28FN5O2/c1-17(27-7-11-32)19-14-21-25(29-24(16-28-21)30-9-12-33-13-10-30)23(15-19)31-8-6-22(31)18-2-4-20(26)5-3-18/h2-5,14-16,22,27,32H,1,6-13H2. The largest absolute Gasteiger partial charge is 0.395 e. The SMILES string of the molecule is C=C(NCCO)c1cc(N2CCC2c2ccc(F)cc2)c2nc(N3CCOCC3)cnc2c1. The van der Waals surface area contributed by atoms with Crippen molar-refractivity contribution in [1.82, 2.24) is 15.3 Å². The second-order valence-electron chi connectivity index (χ2n) is 8.37. The van der Waals surface area contributed by atoms with Crippen molar-refractivity contribution in [2.24, 2.45) is 0 Å². The van der Waals surface area contributed by atoms with Crippen LogP contribution in [0.2, 0.25) is 0 Å². The molecule has 8 heteroatoms. The molecule has 1 aromatic heterocycles. The minimum atomic E-state index is -0.232. The Labute approximate surface area is 192 Å². The van der Waals surface area contributed by atoms with Crippen LogP contribution in [0.3, 0.4) is 0 Å². The number of anilines is 2. The Bertz CT molecular complexity index is 1150. The van der Waals surface area contributed by atoms with E-state index in [0.29, 0.717) is 19.8 Å². The fraction of sp³-hybridized carbons (Fsp3) is 0.360. The van der Waals surface area contributed by atoms with Crippen LogP contribution in [-0.2, 0) is 4.74 Å². The van der Waals surface area contributed by atoms with Crippen LogP contribution >= 0.6 is 0 Å². The molecule has 7 nitrogen and oxygen atoms in total. The molecule has 3 heterocycles. The average molecular weight is 450 g/mol. The first-order valence-electron chi connectivity index (χ1n) is 11.3. The molecular formula is C25H28FN5O2. The quantitative estimate of drug-likeness (QED) is 0.574. The Kier molecular flexibility index (Phi) is 6.11. The molecular weight excluding hydrogens is 421 g/mol. The first kappa shape index (κ1) is 21.6. The van der Waals surface area contributed by atoms with E-state index in [1.54, 1.807) is 0 Å². The van der Waals surface area contributed by atoms with E-state index < -0.39 is 0 Å². The molecule has 3 aromatic rings.